The molecule has 6 heteroatoms. The van der Waals surface area contributed by atoms with Crippen LogP contribution >= 0.6 is 0 Å². The predicted octanol–water partition coefficient (Wildman–Crippen LogP) is 1.86. The van der Waals surface area contributed by atoms with E-state index >= 15 is 0 Å². The van der Waals surface area contributed by atoms with E-state index in [1.807, 2.05) is 0 Å². The van der Waals surface area contributed by atoms with Gasteiger partial charge in [0.15, 0.2) is 5.96 Å². The molecular weight excluding hydrogens is 328 g/mol. The summed E-state index contributed by atoms with van der Waals surface area (Å²) in [6, 6.07) is 0. The van der Waals surface area contributed by atoms with Gasteiger partial charge in [-0.1, -0.05) is 26.2 Å². The van der Waals surface area contributed by atoms with Crippen LogP contribution in [0.15, 0.2) is 4.99 Å². The van der Waals surface area contributed by atoms with E-state index in [9.17, 15) is 0 Å². The first-order valence-electron chi connectivity index (χ1n) is 10.5. The van der Waals surface area contributed by atoms with E-state index in [4.69, 9.17) is 14.5 Å². The zero-order chi connectivity index (χ0) is 18.3. The van der Waals surface area contributed by atoms with Crippen molar-refractivity contribution in [3.05, 3.63) is 0 Å². The van der Waals surface area contributed by atoms with E-state index < -0.39 is 0 Å². The fourth-order valence-electron chi connectivity index (χ4n) is 4.35. The molecule has 0 unspecified atom stereocenters. The molecule has 3 rings (SSSR count). The molecular formula is C20H38N4O2. The summed E-state index contributed by atoms with van der Waals surface area (Å²) in [5, 5.41) is 7.11. The van der Waals surface area contributed by atoms with Gasteiger partial charge in [0.25, 0.3) is 0 Å². The Labute approximate surface area is 159 Å². The van der Waals surface area contributed by atoms with Crippen molar-refractivity contribution in [2.45, 2.75) is 46.0 Å². The maximum atomic E-state index is 5.54. The molecule has 2 saturated heterocycles. The molecule has 0 aromatic carbocycles. The van der Waals surface area contributed by atoms with Gasteiger partial charge < -0.3 is 20.1 Å². The first-order valence-corrected chi connectivity index (χ1v) is 10.5. The lowest BCUT2D eigenvalue weighted by atomic mass is 9.73. The SMILES string of the molecule is CCNC(=NCC1(C)COC1)NCC1(CN2CCOCC2)CCCCC1. The molecule has 1 aliphatic carbocycles. The Kier molecular flexibility index (Phi) is 7.18. The van der Waals surface area contributed by atoms with Crippen molar-refractivity contribution in [1.29, 1.82) is 0 Å². The monoisotopic (exact) mass is 366 g/mol. The van der Waals surface area contributed by atoms with Crippen molar-refractivity contribution in [3.8, 4) is 0 Å². The van der Waals surface area contributed by atoms with Gasteiger partial charge in [-0.05, 0) is 19.8 Å². The highest BCUT2D eigenvalue weighted by Crippen LogP contribution is 2.36. The van der Waals surface area contributed by atoms with Crippen LogP contribution in [0.25, 0.3) is 0 Å². The summed E-state index contributed by atoms with van der Waals surface area (Å²) in [5.41, 5.74) is 0.591. The normalized spacial score (nSPS) is 26.2. The van der Waals surface area contributed by atoms with Gasteiger partial charge in [-0.2, -0.15) is 0 Å². The lowest BCUT2D eigenvalue weighted by molar-refractivity contribution is -0.0945. The Morgan fingerprint density at radius 2 is 1.77 bits per heavy atom. The first-order chi connectivity index (χ1) is 12.6. The van der Waals surface area contributed by atoms with Crippen molar-refractivity contribution < 1.29 is 9.47 Å². The minimum absolute atomic E-state index is 0.221. The van der Waals surface area contributed by atoms with E-state index in [-0.39, 0.29) is 5.41 Å². The van der Waals surface area contributed by atoms with Crippen molar-refractivity contribution in [2.75, 3.05) is 65.7 Å². The summed E-state index contributed by atoms with van der Waals surface area (Å²) in [7, 11) is 0. The molecule has 0 amide bonds. The molecule has 0 spiro atoms. The van der Waals surface area contributed by atoms with Crippen molar-refractivity contribution >= 4 is 5.96 Å². The lowest BCUT2D eigenvalue weighted by Gasteiger charge is -2.42. The Morgan fingerprint density at radius 1 is 1.04 bits per heavy atom. The molecule has 0 aromatic rings. The summed E-state index contributed by atoms with van der Waals surface area (Å²) in [4.78, 5) is 7.45. The Bertz CT molecular complexity index is 453. The first kappa shape index (κ1) is 19.9. The molecule has 6 nitrogen and oxygen atoms in total. The summed E-state index contributed by atoms with van der Waals surface area (Å²) in [5.74, 6) is 0.965. The third kappa shape index (κ3) is 5.57. The number of aliphatic imine (C=N–C) groups is 1. The van der Waals surface area contributed by atoms with E-state index in [0.29, 0.717) is 5.41 Å². The van der Waals surface area contributed by atoms with Gasteiger partial charge in [0.2, 0.25) is 0 Å². The molecule has 0 aromatic heterocycles. The maximum absolute atomic E-state index is 5.54. The molecule has 0 atom stereocenters. The van der Waals surface area contributed by atoms with Crippen molar-refractivity contribution in [3.63, 3.8) is 0 Å². The smallest absolute Gasteiger partial charge is 0.191 e. The lowest BCUT2D eigenvalue weighted by Crippen LogP contribution is -2.51. The molecule has 1 saturated carbocycles. The highest BCUT2D eigenvalue weighted by Gasteiger charge is 2.35. The second kappa shape index (κ2) is 9.38. The second-order valence-corrected chi connectivity index (χ2v) is 8.80. The summed E-state index contributed by atoms with van der Waals surface area (Å²) >= 11 is 0. The minimum atomic E-state index is 0.221. The van der Waals surface area contributed by atoms with E-state index in [1.54, 1.807) is 0 Å². The van der Waals surface area contributed by atoms with Crippen LogP contribution in [0, 0.1) is 10.8 Å². The van der Waals surface area contributed by atoms with Crippen LogP contribution in [0.3, 0.4) is 0 Å². The number of ether oxygens (including phenoxy) is 2. The molecule has 2 aliphatic heterocycles. The van der Waals surface area contributed by atoms with Gasteiger partial charge in [0.1, 0.15) is 0 Å². The number of rotatable bonds is 7. The second-order valence-electron chi connectivity index (χ2n) is 8.80. The van der Waals surface area contributed by atoms with Crippen LogP contribution in [-0.2, 0) is 9.47 Å². The van der Waals surface area contributed by atoms with E-state index in [1.165, 1.54) is 38.6 Å². The average molecular weight is 367 g/mol. The van der Waals surface area contributed by atoms with Crippen LogP contribution in [0.4, 0.5) is 0 Å². The number of hydrogen-bond donors (Lipinski definition) is 2. The van der Waals surface area contributed by atoms with Crippen molar-refractivity contribution in [1.82, 2.24) is 15.5 Å². The molecule has 150 valence electrons. The van der Waals surface area contributed by atoms with E-state index in [0.717, 1.165) is 65.1 Å². The highest BCUT2D eigenvalue weighted by molar-refractivity contribution is 5.79. The molecule has 26 heavy (non-hydrogen) atoms. The quantitative estimate of drug-likeness (QED) is 0.532. The number of nitrogens with one attached hydrogen (secondary N) is 2. The largest absolute Gasteiger partial charge is 0.380 e. The molecule has 3 fully saturated rings. The standard InChI is InChI=1S/C20H38N4O2/c1-3-21-18(22-13-19(2)16-26-17-19)23-14-20(7-5-4-6-8-20)15-24-9-11-25-12-10-24/h3-17H2,1-2H3,(H2,21,22,23). The van der Waals surface area contributed by atoms with E-state index in [2.05, 4.69) is 29.4 Å². The van der Waals surface area contributed by atoms with Crippen LogP contribution in [0.2, 0.25) is 0 Å². The zero-order valence-corrected chi connectivity index (χ0v) is 16.8. The topological polar surface area (TPSA) is 58.1 Å². The third-order valence-corrected chi connectivity index (χ3v) is 6.07. The third-order valence-electron chi connectivity index (χ3n) is 6.07. The van der Waals surface area contributed by atoms with Crippen LogP contribution in [0.1, 0.15) is 46.0 Å². The van der Waals surface area contributed by atoms with Crippen LogP contribution in [0.5, 0.6) is 0 Å². The molecule has 3 aliphatic rings. The highest BCUT2D eigenvalue weighted by atomic mass is 16.5. The number of hydrogen-bond acceptors (Lipinski definition) is 4. The van der Waals surface area contributed by atoms with Crippen LogP contribution in [-0.4, -0.2) is 76.6 Å². The summed E-state index contributed by atoms with van der Waals surface area (Å²) in [6.45, 7) is 13.9. The maximum Gasteiger partial charge on any atom is 0.191 e. The molecule has 2 N–H and O–H groups in total. The van der Waals surface area contributed by atoms with Gasteiger partial charge in [0.05, 0.1) is 33.0 Å². The summed E-state index contributed by atoms with van der Waals surface area (Å²) < 4.78 is 10.9. The summed E-state index contributed by atoms with van der Waals surface area (Å²) in [6.07, 6.45) is 6.74. The van der Waals surface area contributed by atoms with Gasteiger partial charge in [-0.25, -0.2) is 0 Å². The molecule has 0 radical (unpaired) electrons. The van der Waals surface area contributed by atoms with Gasteiger partial charge in [0, 0.05) is 43.6 Å². The minimum Gasteiger partial charge on any atom is -0.380 e. The number of nitrogens with zero attached hydrogens (tertiary/aromatic N) is 2. The fourth-order valence-corrected chi connectivity index (χ4v) is 4.35. The van der Waals surface area contributed by atoms with Crippen LogP contribution < -0.4 is 10.6 Å². The number of guanidine groups is 1. The van der Waals surface area contributed by atoms with Gasteiger partial charge in [-0.3, -0.25) is 9.89 Å². The Balaban J connectivity index is 1.58. The molecule has 0 bridgehead atoms. The zero-order valence-electron chi connectivity index (χ0n) is 16.8. The van der Waals surface area contributed by atoms with Crippen molar-refractivity contribution in [2.24, 2.45) is 15.8 Å². The molecule has 2 heterocycles. The average Bonchev–Trinajstić information content (AvgIpc) is 2.64. The Hall–Kier alpha value is -0.850. The van der Waals surface area contributed by atoms with Gasteiger partial charge >= 0.3 is 0 Å². The van der Waals surface area contributed by atoms with Gasteiger partial charge in [-0.15, -0.1) is 0 Å². The fraction of sp³-hybridized carbons (Fsp3) is 0.950. The Morgan fingerprint density at radius 3 is 2.38 bits per heavy atom. The predicted molar refractivity (Wildman–Crippen MR) is 106 cm³/mol. The number of morpholine rings is 1.